The summed E-state index contributed by atoms with van der Waals surface area (Å²) in [5, 5.41) is 0. The Bertz CT molecular complexity index is 513. The number of hydrogen-bond donors (Lipinski definition) is 0. The number of piperazine rings is 1. The normalized spacial score (nSPS) is 19.6. The average molecular weight is 355 g/mol. The molecule has 1 fully saturated rings. The van der Waals surface area contributed by atoms with E-state index in [4.69, 9.17) is 4.74 Å². The molecule has 0 radical (unpaired) electrons. The molecule has 0 aromatic heterocycles. The Morgan fingerprint density at radius 1 is 1.33 bits per heavy atom. The van der Waals surface area contributed by atoms with Crippen molar-refractivity contribution in [1.82, 2.24) is 4.90 Å². The Morgan fingerprint density at radius 2 is 2.05 bits per heavy atom. The summed E-state index contributed by atoms with van der Waals surface area (Å²) in [6, 6.07) is 8.53. The van der Waals surface area contributed by atoms with Gasteiger partial charge in [-0.3, -0.25) is 0 Å². The Balaban J connectivity index is 2.01. The second kappa shape index (κ2) is 6.26. The number of ether oxygens (including phenoxy) is 1. The molecule has 1 atom stereocenters. The molecule has 1 aromatic carbocycles. The molecule has 0 saturated carbocycles. The molecule has 1 saturated heterocycles. The van der Waals surface area contributed by atoms with Crippen LogP contribution in [0.5, 0.6) is 0 Å². The number of hydrogen-bond acceptors (Lipinski definition) is 3. The van der Waals surface area contributed by atoms with Crippen LogP contribution in [-0.4, -0.2) is 42.3 Å². The van der Waals surface area contributed by atoms with Gasteiger partial charge in [0.15, 0.2) is 0 Å². The van der Waals surface area contributed by atoms with Crippen molar-refractivity contribution in [2.45, 2.75) is 39.3 Å². The van der Waals surface area contributed by atoms with Crippen LogP contribution in [0.15, 0.2) is 28.7 Å². The molecule has 1 aliphatic rings. The zero-order valence-corrected chi connectivity index (χ0v) is 14.7. The lowest BCUT2D eigenvalue weighted by Crippen LogP contribution is -2.54. The minimum absolute atomic E-state index is 0.219. The molecule has 0 spiro atoms. The van der Waals surface area contributed by atoms with E-state index in [9.17, 15) is 4.79 Å². The van der Waals surface area contributed by atoms with Crippen LogP contribution < -0.4 is 4.90 Å². The number of halogens is 1. The SMILES string of the molecule is C[C@@H]1CN(C(=O)OC(C)(C)C)CCN1c1cccc(Br)c1. The monoisotopic (exact) mass is 354 g/mol. The molecule has 4 nitrogen and oxygen atoms in total. The van der Waals surface area contributed by atoms with E-state index < -0.39 is 5.60 Å². The van der Waals surface area contributed by atoms with Gasteiger partial charge < -0.3 is 14.5 Å². The van der Waals surface area contributed by atoms with E-state index in [1.807, 2.05) is 32.9 Å². The maximum Gasteiger partial charge on any atom is 0.410 e. The lowest BCUT2D eigenvalue weighted by atomic mass is 10.1. The van der Waals surface area contributed by atoms with E-state index in [1.54, 1.807) is 4.90 Å². The highest BCUT2D eigenvalue weighted by Gasteiger charge is 2.29. The summed E-state index contributed by atoms with van der Waals surface area (Å²) in [5.41, 5.74) is 0.739. The Labute approximate surface area is 135 Å². The van der Waals surface area contributed by atoms with Crippen molar-refractivity contribution in [2.24, 2.45) is 0 Å². The van der Waals surface area contributed by atoms with Gasteiger partial charge in [-0.05, 0) is 45.9 Å². The van der Waals surface area contributed by atoms with E-state index in [0.29, 0.717) is 13.1 Å². The quantitative estimate of drug-likeness (QED) is 0.766. The molecule has 2 rings (SSSR count). The van der Waals surface area contributed by atoms with Gasteiger partial charge in [-0.15, -0.1) is 0 Å². The van der Waals surface area contributed by atoms with Gasteiger partial charge in [0, 0.05) is 35.8 Å². The number of carbonyl (C=O) groups excluding carboxylic acids is 1. The third-order valence-corrected chi connectivity index (χ3v) is 3.91. The van der Waals surface area contributed by atoms with E-state index in [0.717, 1.165) is 11.0 Å². The van der Waals surface area contributed by atoms with E-state index >= 15 is 0 Å². The molecule has 5 heteroatoms. The number of benzene rings is 1. The molecule has 1 amide bonds. The summed E-state index contributed by atoms with van der Waals surface area (Å²) in [7, 11) is 0. The maximum absolute atomic E-state index is 12.1. The minimum Gasteiger partial charge on any atom is -0.444 e. The van der Waals surface area contributed by atoms with Crippen molar-refractivity contribution in [3.63, 3.8) is 0 Å². The Kier molecular flexibility index (Phi) is 4.81. The molecule has 1 aromatic rings. The largest absolute Gasteiger partial charge is 0.444 e. The molecule has 1 aliphatic heterocycles. The third kappa shape index (κ3) is 4.37. The lowest BCUT2D eigenvalue weighted by Gasteiger charge is -2.41. The van der Waals surface area contributed by atoms with E-state index in [2.05, 4.69) is 39.9 Å². The van der Waals surface area contributed by atoms with Gasteiger partial charge in [0.2, 0.25) is 0 Å². The predicted molar refractivity (Wildman–Crippen MR) is 88.8 cm³/mol. The summed E-state index contributed by atoms with van der Waals surface area (Å²) in [4.78, 5) is 16.3. The van der Waals surface area contributed by atoms with Gasteiger partial charge in [-0.1, -0.05) is 22.0 Å². The van der Waals surface area contributed by atoms with E-state index in [1.165, 1.54) is 5.69 Å². The summed E-state index contributed by atoms with van der Waals surface area (Å²) in [5.74, 6) is 0. The predicted octanol–water partition coefficient (Wildman–Crippen LogP) is 3.89. The summed E-state index contributed by atoms with van der Waals surface area (Å²) >= 11 is 3.51. The zero-order valence-electron chi connectivity index (χ0n) is 13.1. The molecule has 1 heterocycles. The fraction of sp³-hybridized carbons (Fsp3) is 0.562. The van der Waals surface area contributed by atoms with Crippen LogP contribution in [0.1, 0.15) is 27.7 Å². The highest BCUT2D eigenvalue weighted by molar-refractivity contribution is 9.10. The smallest absolute Gasteiger partial charge is 0.410 e. The first kappa shape index (κ1) is 16.1. The zero-order chi connectivity index (χ0) is 15.6. The molecule has 0 N–H and O–H groups in total. The molecule has 116 valence electrons. The second-order valence-corrected chi connectivity index (χ2v) is 7.36. The summed E-state index contributed by atoms with van der Waals surface area (Å²) in [6.45, 7) is 10.0. The van der Waals surface area contributed by atoms with Crippen molar-refractivity contribution in [1.29, 1.82) is 0 Å². The number of nitrogens with zero attached hydrogens (tertiary/aromatic N) is 2. The second-order valence-electron chi connectivity index (χ2n) is 6.45. The Morgan fingerprint density at radius 3 is 2.62 bits per heavy atom. The molecule has 0 bridgehead atoms. The van der Waals surface area contributed by atoms with Gasteiger partial charge in [0.25, 0.3) is 0 Å². The molecular formula is C16H23BrN2O2. The maximum atomic E-state index is 12.1. The highest BCUT2D eigenvalue weighted by atomic mass is 79.9. The first-order chi connectivity index (χ1) is 9.76. The summed E-state index contributed by atoms with van der Waals surface area (Å²) in [6.07, 6.45) is -0.219. The van der Waals surface area contributed by atoms with Crippen LogP contribution in [0.2, 0.25) is 0 Å². The minimum atomic E-state index is -0.443. The Hall–Kier alpha value is -1.23. The van der Waals surface area contributed by atoms with E-state index in [-0.39, 0.29) is 12.1 Å². The van der Waals surface area contributed by atoms with Crippen molar-refractivity contribution in [3.05, 3.63) is 28.7 Å². The van der Waals surface area contributed by atoms with Crippen molar-refractivity contribution < 1.29 is 9.53 Å². The topological polar surface area (TPSA) is 32.8 Å². The van der Waals surface area contributed by atoms with Gasteiger partial charge >= 0.3 is 6.09 Å². The number of amides is 1. The van der Waals surface area contributed by atoms with Crippen molar-refractivity contribution in [3.8, 4) is 0 Å². The number of rotatable bonds is 1. The fourth-order valence-corrected chi connectivity index (χ4v) is 2.88. The first-order valence-corrected chi connectivity index (χ1v) is 8.06. The molecule has 0 unspecified atom stereocenters. The summed E-state index contributed by atoms with van der Waals surface area (Å²) < 4.78 is 6.52. The van der Waals surface area contributed by atoms with Crippen LogP contribution in [-0.2, 0) is 4.74 Å². The van der Waals surface area contributed by atoms with Crippen LogP contribution in [0.25, 0.3) is 0 Å². The van der Waals surface area contributed by atoms with Crippen LogP contribution in [0.3, 0.4) is 0 Å². The molecule has 0 aliphatic carbocycles. The van der Waals surface area contributed by atoms with Gasteiger partial charge in [0.05, 0.1) is 0 Å². The standard InChI is InChI=1S/C16H23BrN2O2/c1-12-11-18(15(20)21-16(2,3)4)8-9-19(12)14-7-5-6-13(17)10-14/h5-7,10,12H,8-9,11H2,1-4H3/t12-/m1/s1. The molecular weight excluding hydrogens is 332 g/mol. The van der Waals surface area contributed by atoms with Gasteiger partial charge in [0.1, 0.15) is 5.60 Å². The van der Waals surface area contributed by atoms with Gasteiger partial charge in [-0.2, -0.15) is 0 Å². The average Bonchev–Trinajstić information content (AvgIpc) is 2.36. The number of anilines is 1. The number of carbonyl (C=O) groups is 1. The van der Waals surface area contributed by atoms with Crippen molar-refractivity contribution in [2.75, 3.05) is 24.5 Å². The van der Waals surface area contributed by atoms with Crippen molar-refractivity contribution >= 4 is 27.7 Å². The lowest BCUT2D eigenvalue weighted by molar-refractivity contribution is 0.0219. The fourth-order valence-electron chi connectivity index (χ4n) is 2.49. The first-order valence-electron chi connectivity index (χ1n) is 7.26. The van der Waals surface area contributed by atoms with Gasteiger partial charge in [-0.25, -0.2) is 4.79 Å². The van der Waals surface area contributed by atoms with Crippen LogP contribution in [0.4, 0.5) is 10.5 Å². The van der Waals surface area contributed by atoms with Crippen LogP contribution >= 0.6 is 15.9 Å². The third-order valence-electron chi connectivity index (χ3n) is 3.42. The molecule has 21 heavy (non-hydrogen) atoms. The van der Waals surface area contributed by atoms with Crippen LogP contribution in [0, 0.1) is 0 Å². The highest BCUT2D eigenvalue weighted by Crippen LogP contribution is 2.24.